The van der Waals surface area contributed by atoms with Gasteiger partial charge in [-0.05, 0) is 54.8 Å². The second kappa shape index (κ2) is 9.06. The molecule has 1 heterocycles. The summed E-state index contributed by atoms with van der Waals surface area (Å²) < 4.78 is 12.1. The molecule has 2 aromatic rings. The Labute approximate surface area is 168 Å². The van der Waals surface area contributed by atoms with Crippen LogP contribution in [0.3, 0.4) is 0 Å². The summed E-state index contributed by atoms with van der Waals surface area (Å²) in [5.74, 6) is 1.54. The number of rotatable bonds is 7. The third-order valence-electron chi connectivity index (χ3n) is 4.17. The predicted octanol–water partition coefficient (Wildman–Crippen LogP) is 4.64. The van der Waals surface area contributed by atoms with Crippen molar-refractivity contribution in [3.63, 3.8) is 0 Å². The molecule has 1 fully saturated rings. The average molecular weight is 400 g/mol. The van der Waals surface area contributed by atoms with E-state index in [1.54, 1.807) is 0 Å². The highest BCUT2D eigenvalue weighted by molar-refractivity contribution is 8.26. The highest BCUT2D eigenvalue weighted by atomic mass is 32.2. The van der Waals surface area contributed by atoms with Gasteiger partial charge >= 0.3 is 0 Å². The van der Waals surface area contributed by atoms with E-state index in [9.17, 15) is 4.79 Å². The Morgan fingerprint density at radius 3 is 2.67 bits per heavy atom. The lowest BCUT2D eigenvalue weighted by Crippen LogP contribution is -2.17. The Hall–Kier alpha value is -2.31. The number of hydrogen-bond donors (Lipinski definition) is 1. The van der Waals surface area contributed by atoms with Gasteiger partial charge in [-0.15, -0.1) is 0 Å². The highest BCUT2D eigenvalue weighted by Crippen LogP contribution is 2.27. The van der Waals surface area contributed by atoms with E-state index in [0.29, 0.717) is 22.4 Å². The molecule has 0 aliphatic carbocycles. The maximum Gasteiger partial charge on any atom is 0.263 e. The summed E-state index contributed by atoms with van der Waals surface area (Å²) in [4.78, 5) is 12.3. The number of aryl methyl sites for hydroxylation is 1. The molecule has 1 amide bonds. The van der Waals surface area contributed by atoms with Crippen molar-refractivity contribution < 1.29 is 14.3 Å². The van der Waals surface area contributed by atoms with Crippen LogP contribution >= 0.6 is 24.0 Å². The third-order valence-corrected chi connectivity index (χ3v) is 5.33. The number of benzene rings is 2. The molecule has 1 aliphatic heterocycles. The molecule has 0 unspecified atom stereocenters. The number of hydrogen-bond acceptors (Lipinski definition) is 5. The molecule has 2 aromatic carbocycles. The molecule has 4 nitrogen and oxygen atoms in total. The second-order valence-corrected chi connectivity index (χ2v) is 7.89. The fraction of sp³-hybridized carbons (Fsp3) is 0.238. The lowest BCUT2D eigenvalue weighted by Gasteiger charge is -2.11. The molecular weight excluding hydrogens is 378 g/mol. The van der Waals surface area contributed by atoms with E-state index in [1.807, 2.05) is 42.5 Å². The molecule has 1 aliphatic rings. The Bertz CT molecular complexity index is 893. The van der Waals surface area contributed by atoms with Gasteiger partial charge in [0.2, 0.25) is 0 Å². The van der Waals surface area contributed by atoms with E-state index in [1.165, 1.54) is 22.9 Å². The average Bonchev–Trinajstić information content (AvgIpc) is 2.95. The number of ether oxygens (including phenoxy) is 2. The monoisotopic (exact) mass is 399 g/mol. The minimum absolute atomic E-state index is 0.153. The first-order chi connectivity index (χ1) is 13.0. The largest absolute Gasteiger partial charge is 0.493 e. The van der Waals surface area contributed by atoms with E-state index in [4.69, 9.17) is 21.7 Å². The van der Waals surface area contributed by atoms with Gasteiger partial charge in [-0.3, -0.25) is 4.79 Å². The lowest BCUT2D eigenvalue weighted by atomic mass is 10.1. The van der Waals surface area contributed by atoms with Crippen LogP contribution < -0.4 is 14.8 Å². The zero-order valence-corrected chi connectivity index (χ0v) is 16.9. The third kappa shape index (κ3) is 5.34. The summed E-state index contributed by atoms with van der Waals surface area (Å²) >= 11 is 6.27. The second-order valence-electron chi connectivity index (χ2n) is 6.17. The summed E-state index contributed by atoms with van der Waals surface area (Å²) in [5, 5.41) is 2.61. The SMILES string of the molecule is Cc1cccc(OCCCOc2cccc(/C=C3\SC(=S)NC3=O)c2)c1C. The fourth-order valence-corrected chi connectivity index (χ4v) is 3.62. The van der Waals surface area contributed by atoms with E-state index >= 15 is 0 Å². The summed E-state index contributed by atoms with van der Waals surface area (Å²) in [5.41, 5.74) is 3.30. The molecule has 0 radical (unpaired) electrons. The van der Waals surface area contributed by atoms with E-state index < -0.39 is 0 Å². The Balaban J connectivity index is 1.49. The van der Waals surface area contributed by atoms with Gasteiger partial charge in [0.1, 0.15) is 15.8 Å². The Morgan fingerprint density at radius 1 is 1.11 bits per heavy atom. The quantitative estimate of drug-likeness (QED) is 0.418. The first kappa shape index (κ1) is 19.5. The molecule has 1 saturated heterocycles. The van der Waals surface area contributed by atoms with Gasteiger partial charge in [-0.1, -0.05) is 48.2 Å². The summed E-state index contributed by atoms with van der Waals surface area (Å²) in [6, 6.07) is 13.7. The maximum atomic E-state index is 11.7. The van der Waals surface area contributed by atoms with Crippen LogP contribution in [-0.4, -0.2) is 23.4 Å². The maximum absolute atomic E-state index is 11.7. The van der Waals surface area contributed by atoms with Gasteiger partial charge in [0.25, 0.3) is 5.91 Å². The Kier molecular flexibility index (Phi) is 6.53. The Morgan fingerprint density at radius 2 is 1.89 bits per heavy atom. The molecule has 0 saturated carbocycles. The zero-order chi connectivity index (χ0) is 19.2. The van der Waals surface area contributed by atoms with Gasteiger partial charge in [-0.2, -0.15) is 0 Å². The van der Waals surface area contributed by atoms with Crippen molar-refractivity contribution >= 4 is 40.3 Å². The van der Waals surface area contributed by atoms with Crippen LogP contribution in [0.5, 0.6) is 11.5 Å². The van der Waals surface area contributed by atoms with Crippen LogP contribution in [0.25, 0.3) is 6.08 Å². The van der Waals surface area contributed by atoms with Gasteiger partial charge in [-0.25, -0.2) is 0 Å². The van der Waals surface area contributed by atoms with Crippen LogP contribution in [0.2, 0.25) is 0 Å². The molecule has 0 atom stereocenters. The molecule has 3 rings (SSSR count). The fourth-order valence-electron chi connectivity index (χ4n) is 2.58. The molecular formula is C21H21NO3S2. The number of carbonyl (C=O) groups is 1. The minimum atomic E-state index is -0.153. The number of nitrogens with one attached hydrogen (secondary N) is 1. The zero-order valence-electron chi connectivity index (χ0n) is 15.3. The van der Waals surface area contributed by atoms with Crippen molar-refractivity contribution in [2.24, 2.45) is 0 Å². The number of amides is 1. The lowest BCUT2D eigenvalue weighted by molar-refractivity contribution is -0.115. The molecule has 0 bridgehead atoms. The first-order valence-corrected chi connectivity index (χ1v) is 9.92. The number of thioether (sulfide) groups is 1. The van der Waals surface area contributed by atoms with E-state index in [2.05, 4.69) is 25.2 Å². The van der Waals surface area contributed by atoms with Crippen LogP contribution in [0, 0.1) is 13.8 Å². The van der Waals surface area contributed by atoms with Gasteiger partial charge in [0, 0.05) is 6.42 Å². The molecule has 1 N–H and O–H groups in total. The van der Waals surface area contributed by atoms with E-state index in [0.717, 1.165) is 23.5 Å². The highest BCUT2D eigenvalue weighted by Gasteiger charge is 2.21. The first-order valence-electron chi connectivity index (χ1n) is 8.69. The van der Waals surface area contributed by atoms with Crippen LogP contribution in [0.1, 0.15) is 23.1 Å². The van der Waals surface area contributed by atoms with Crippen LogP contribution in [-0.2, 0) is 4.79 Å². The standard InChI is InChI=1S/C21H21NO3S2/c1-14-6-3-9-18(15(14)2)25-11-5-10-24-17-8-4-7-16(12-17)13-19-20(23)22-21(26)27-19/h3-4,6-9,12-13H,5,10-11H2,1-2H3,(H,22,23,26)/b19-13-. The molecule has 27 heavy (non-hydrogen) atoms. The molecule has 140 valence electrons. The summed E-state index contributed by atoms with van der Waals surface area (Å²) in [7, 11) is 0. The van der Waals surface area contributed by atoms with Crippen molar-refractivity contribution in [2.75, 3.05) is 13.2 Å². The van der Waals surface area contributed by atoms with Crippen molar-refractivity contribution in [2.45, 2.75) is 20.3 Å². The molecule has 6 heteroatoms. The van der Waals surface area contributed by atoms with E-state index in [-0.39, 0.29) is 5.91 Å². The normalized spacial score (nSPS) is 15.1. The topological polar surface area (TPSA) is 47.6 Å². The molecule has 0 aromatic heterocycles. The summed E-state index contributed by atoms with van der Waals surface area (Å²) in [6.45, 7) is 5.30. The van der Waals surface area contributed by atoms with Crippen molar-refractivity contribution in [3.05, 3.63) is 64.1 Å². The summed E-state index contributed by atoms with van der Waals surface area (Å²) in [6.07, 6.45) is 2.60. The van der Waals surface area contributed by atoms with Crippen molar-refractivity contribution in [3.8, 4) is 11.5 Å². The number of thiocarbonyl (C=S) groups is 1. The smallest absolute Gasteiger partial charge is 0.263 e. The number of carbonyl (C=O) groups excluding carboxylic acids is 1. The molecule has 0 spiro atoms. The van der Waals surface area contributed by atoms with Crippen molar-refractivity contribution in [1.29, 1.82) is 0 Å². The van der Waals surface area contributed by atoms with Crippen LogP contribution in [0.15, 0.2) is 47.4 Å². The minimum Gasteiger partial charge on any atom is -0.493 e. The van der Waals surface area contributed by atoms with Gasteiger partial charge < -0.3 is 14.8 Å². The van der Waals surface area contributed by atoms with Crippen molar-refractivity contribution in [1.82, 2.24) is 5.32 Å². The van der Waals surface area contributed by atoms with Gasteiger partial charge in [0.15, 0.2) is 0 Å². The van der Waals surface area contributed by atoms with Gasteiger partial charge in [0.05, 0.1) is 18.1 Å². The predicted molar refractivity (Wildman–Crippen MR) is 114 cm³/mol. The van der Waals surface area contributed by atoms with Crippen LogP contribution in [0.4, 0.5) is 0 Å².